The maximum Gasteiger partial charge on any atom is 0.276 e. The van der Waals surface area contributed by atoms with Gasteiger partial charge in [-0.05, 0) is 50.6 Å². The van der Waals surface area contributed by atoms with Gasteiger partial charge >= 0.3 is 0 Å². The van der Waals surface area contributed by atoms with Crippen molar-refractivity contribution in [3.8, 4) is 5.75 Å². The molecule has 1 amide bonds. The van der Waals surface area contributed by atoms with Crippen molar-refractivity contribution in [2.75, 3.05) is 5.32 Å². The zero-order valence-corrected chi connectivity index (χ0v) is 15.8. The van der Waals surface area contributed by atoms with Gasteiger partial charge in [-0.2, -0.15) is 10.2 Å². The number of rotatable bonds is 5. The lowest BCUT2D eigenvalue weighted by Crippen LogP contribution is -2.15. The van der Waals surface area contributed by atoms with Crippen molar-refractivity contribution in [1.29, 1.82) is 0 Å². The number of carbonyl (C=O) groups excluding carboxylic acids is 1. The summed E-state index contributed by atoms with van der Waals surface area (Å²) in [6.07, 6.45) is 1.70. The number of ether oxygens (including phenoxy) is 1. The first-order valence-electron chi connectivity index (χ1n) is 8.09. The molecule has 136 valence electrons. The van der Waals surface area contributed by atoms with Gasteiger partial charge in [-0.25, -0.2) is 4.68 Å². The average Bonchev–Trinajstić information content (AvgIpc) is 3.17. The summed E-state index contributed by atoms with van der Waals surface area (Å²) in [6.45, 7) is 5.85. The molecule has 2 aromatic heterocycles. The van der Waals surface area contributed by atoms with E-state index < -0.39 is 0 Å². The Balaban J connectivity index is 1.65. The highest BCUT2D eigenvalue weighted by atomic mass is 35.5. The summed E-state index contributed by atoms with van der Waals surface area (Å²) in [5, 5.41) is 12.1. The van der Waals surface area contributed by atoms with Crippen LogP contribution in [0.15, 0.2) is 30.5 Å². The molecule has 0 radical (unpaired) electrons. The fourth-order valence-electron chi connectivity index (χ4n) is 2.53. The Morgan fingerprint density at radius 1 is 1.23 bits per heavy atom. The number of hydrogen-bond donors (Lipinski definition) is 1. The van der Waals surface area contributed by atoms with E-state index >= 15 is 0 Å². The predicted octanol–water partition coefficient (Wildman–Crippen LogP) is 3.48. The summed E-state index contributed by atoms with van der Waals surface area (Å²) in [4.78, 5) is 12.4. The second-order valence-electron chi connectivity index (χ2n) is 6.05. The Hall–Kier alpha value is -2.80. The molecule has 1 aromatic carbocycles. The molecule has 0 fully saturated rings. The summed E-state index contributed by atoms with van der Waals surface area (Å²) in [7, 11) is 1.84. The highest BCUT2D eigenvalue weighted by molar-refractivity contribution is 6.31. The summed E-state index contributed by atoms with van der Waals surface area (Å²) in [5.41, 5.74) is 3.60. The summed E-state index contributed by atoms with van der Waals surface area (Å²) < 4.78 is 8.96. The first kappa shape index (κ1) is 18.0. The molecule has 0 aliphatic rings. The summed E-state index contributed by atoms with van der Waals surface area (Å²) >= 11 is 6.00. The zero-order chi connectivity index (χ0) is 18.8. The van der Waals surface area contributed by atoms with Crippen molar-refractivity contribution in [1.82, 2.24) is 19.6 Å². The van der Waals surface area contributed by atoms with Crippen LogP contribution in [0.2, 0.25) is 5.02 Å². The Labute approximate surface area is 156 Å². The molecule has 0 bridgehead atoms. The molecule has 0 saturated carbocycles. The van der Waals surface area contributed by atoms with Crippen LogP contribution in [0.1, 0.15) is 27.4 Å². The van der Waals surface area contributed by atoms with E-state index in [1.165, 1.54) is 0 Å². The molecule has 3 aromatic rings. The smallest absolute Gasteiger partial charge is 0.276 e. The fraction of sp³-hybridized carbons (Fsp3) is 0.278. The molecule has 26 heavy (non-hydrogen) atoms. The predicted molar refractivity (Wildman–Crippen MR) is 99.7 cm³/mol. The van der Waals surface area contributed by atoms with Crippen LogP contribution < -0.4 is 10.1 Å². The number of aryl methyl sites for hydroxylation is 3. The molecular formula is C18H20ClN5O2. The van der Waals surface area contributed by atoms with E-state index in [4.69, 9.17) is 16.3 Å². The highest BCUT2D eigenvalue weighted by Crippen LogP contribution is 2.21. The molecule has 0 atom stereocenters. The quantitative estimate of drug-likeness (QED) is 0.743. The first-order chi connectivity index (χ1) is 12.3. The Morgan fingerprint density at radius 3 is 2.65 bits per heavy atom. The lowest BCUT2D eigenvalue weighted by atomic mass is 10.2. The number of benzene rings is 1. The third kappa shape index (κ3) is 3.72. The minimum atomic E-state index is -0.287. The molecule has 8 heteroatoms. The molecule has 3 rings (SSSR count). The van der Waals surface area contributed by atoms with Crippen LogP contribution in [-0.2, 0) is 13.8 Å². The molecule has 0 spiro atoms. The van der Waals surface area contributed by atoms with E-state index in [0.717, 1.165) is 17.0 Å². The van der Waals surface area contributed by atoms with Crippen molar-refractivity contribution >= 4 is 23.2 Å². The third-order valence-electron chi connectivity index (χ3n) is 4.11. The van der Waals surface area contributed by atoms with Crippen LogP contribution >= 0.6 is 11.6 Å². The van der Waals surface area contributed by atoms with Gasteiger partial charge in [-0.3, -0.25) is 9.48 Å². The standard InChI is InChI=1S/C18H20ClN5O2/c1-11-9-14(5-6-15(11)19)26-10-24-8-7-16(22-24)18(25)20-17-12(2)21-23(4)13(17)3/h5-9H,10H2,1-4H3,(H,20,25). The van der Waals surface area contributed by atoms with Gasteiger partial charge in [-0.15, -0.1) is 0 Å². The SMILES string of the molecule is Cc1cc(OCn2ccc(C(=O)Nc3c(C)nn(C)c3C)n2)ccc1Cl. The molecule has 0 saturated heterocycles. The lowest BCUT2D eigenvalue weighted by Gasteiger charge is -2.07. The number of nitrogens with one attached hydrogen (secondary N) is 1. The van der Waals surface area contributed by atoms with Crippen LogP contribution in [0.4, 0.5) is 5.69 Å². The normalized spacial score (nSPS) is 10.8. The topological polar surface area (TPSA) is 74.0 Å². The van der Waals surface area contributed by atoms with Gasteiger partial charge in [0.2, 0.25) is 0 Å². The maximum atomic E-state index is 12.4. The van der Waals surface area contributed by atoms with E-state index in [0.29, 0.717) is 22.2 Å². The number of hydrogen-bond acceptors (Lipinski definition) is 4. The number of anilines is 1. The molecular weight excluding hydrogens is 354 g/mol. The van der Waals surface area contributed by atoms with Gasteiger partial charge < -0.3 is 10.1 Å². The van der Waals surface area contributed by atoms with Crippen LogP contribution in [0.3, 0.4) is 0 Å². The Bertz CT molecular complexity index is 961. The van der Waals surface area contributed by atoms with Gasteiger partial charge in [0.05, 0.1) is 17.1 Å². The Kier molecular flexibility index (Phi) is 4.99. The van der Waals surface area contributed by atoms with Crippen LogP contribution in [0.5, 0.6) is 5.75 Å². The van der Waals surface area contributed by atoms with Gasteiger partial charge in [0, 0.05) is 18.3 Å². The minimum absolute atomic E-state index is 0.194. The van der Waals surface area contributed by atoms with E-state index in [1.54, 1.807) is 33.8 Å². The number of nitrogens with zero attached hydrogens (tertiary/aromatic N) is 4. The maximum absolute atomic E-state index is 12.4. The Morgan fingerprint density at radius 2 is 2.00 bits per heavy atom. The van der Waals surface area contributed by atoms with E-state index in [2.05, 4.69) is 15.5 Å². The lowest BCUT2D eigenvalue weighted by molar-refractivity contribution is 0.102. The average molecular weight is 374 g/mol. The third-order valence-corrected chi connectivity index (χ3v) is 4.54. The molecule has 0 aliphatic heterocycles. The van der Waals surface area contributed by atoms with Crippen molar-refractivity contribution in [2.24, 2.45) is 7.05 Å². The number of aromatic nitrogens is 4. The van der Waals surface area contributed by atoms with Crippen molar-refractivity contribution in [2.45, 2.75) is 27.5 Å². The van der Waals surface area contributed by atoms with Gasteiger partial charge in [0.25, 0.3) is 5.91 Å². The number of amides is 1. The second-order valence-corrected chi connectivity index (χ2v) is 6.46. The highest BCUT2D eigenvalue weighted by Gasteiger charge is 2.15. The number of carbonyl (C=O) groups is 1. The second kappa shape index (κ2) is 7.21. The largest absolute Gasteiger partial charge is 0.471 e. The fourth-order valence-corrected chi connectivity index (χ4v) is 2.65. The molecule has 2 heterocycles. The van der Waals surface area contributed by atoms with Crippen molar-refractivity contribution in [3.05, 3.63) is 58.1 Å². The molecule has 7 nitrogen and oxygen atoms in total. The van der Waals surface area contributed by atoms with Crippen LogP contribution in [0.25, 0.3) is 0 Å². The van der Waals surface area contributed by atoms with Gasteiger partial charge in [0.1, 0.15) is 5.75 Å². The van der Waals surface area contributed by atoms with Crippen molar-refractivity contribution < 1.29 is 9.53 Å². The van der Waals surface area contributed by atoms with Crippen LogP contribution in [0, 0.1) is 20.8 Å². The minimum Gasteiger partial charge on any atom is -0.471 e. The number of halogens is 1. The molecule has 0 aliphatic carbocycles. The first-order valence-corrected chi connectivity index (χ1v) is 8.47. The molecule has 1 N–H and O–H groups in total. The van der Waals surface area contributed by atoms with Gasteiger partial charge in [0.15, 0.2) is 12.4 Å². The monoisotopic (exact) mass is 373 g/mol. The van der Waals surface area contributed by atoms with Gasteiger partial charge in [-0.1, -0.05) is 11.6 Å². The molecule has 0 unspecified atom stereocenters. The van der Waals surface area contributed by atoms with E-state index in [1.807, 2.05) is 33.9 Å². The van der Waals surface area contributed by atoms with Crippen molar-refractivity contribution in [3.63, 3.8) is 0 Å². The summed E-state index contributed by atoms with van der Waals surface area (Å²) in [5.74, 6) is 0.403. The van der Waals surface area contributed by atoms with Crippen LogP contribution in [-0.4, -0.2) is 25.5 Å². The summed E-state index contributed by atoms with van der Waals surface area (Å²) in [6, 6.07) is 7.08. The zero-order valence-electron chi connectivity index (χ0n) is 15.1. The van der Waals surface area contributed by atoms with E-state index in [9.17, 15) is 4.79 Å². The van der Waals surface area contributed by atoms with E-state index in [-0.39, 0.29) is 12.6 Å².